The first-order valence-corrected chi connectivity index (χ1v) is 10.8. The Morgan fingerprint density at radius 1 is 0.969 bits per heavy atom. The highest BCUT2D eigenvalue weighted by atomic mass is 32.1. The van der Waals surface area contributed by atoms with Gasteiger partial charge < -0.3 is 4.90 Å². The SMILES string of the molecule is C=CCN(C(=O)c1ccc2nc(N3C(=O)c4ccccc4C3=O)sc2c1)c1ccccc1. The molecule has 2 heterocycles. The molecule has 1 aliphatic rings. The van der Waals surface area contributed by atoms with Crippen molar-refractivity contribution in [3.63, 3.8) is 0 Å². The fraction of sp³-hybridized carbons (Fsp3) is 0.0400. The molecular formula is C25H17N3O3S. The maximum Gasteiger partial charge on any atom is 0.268 e. The first kappa shape index (κ1) is 19.8. The summed E-state index contributed by atoms with van der Waals surface area (Å²) < 4.78 is 0.717. The molecule has 3 amide bonds. The molecule has 0 radical (unpaired) electrons. The van der Waals surface area contributed by atoms with Crippen LogP contribution in [0, 0.1) is 0 Å². The van der Waals surface area contributed by atoms with Crippen molar-refractivity contribution in [2.45, 2.75) is 0 Å². The Labute approximate surface area is 188 Å². The minimum atomic E-state index is -0.387. The van der Waals surface area contributed by atoms with E-state index in [2.05, 4.69) is 11.6 Å². The van der Waals surface area contributed by atoms with Gasteiger partial charge in [-0.15, -0.1) is 6.58 Å². The first-order valence-electron chi connectivity index (χ1n) is 9.94. The Hall–Kier alpha value is -4.10. The van der Waals surface area contributed by atoms with Crippen LogP contribution in [0.2, 0.25) is 0 Å². The van der Waals surface area contributed by atoms with Gasteiger partial charge in [0.2, 0.25) is 5.13 Å². The first-order chi connectivity index (χ1) is 15.6. The topological polar surface area (TPSA) is 70.6 Å². The maximum absolute atomic E-state index is 13.2. The summed E-state index contributed by atoms with van der Waals surface area (Å²) >= 11 is 1.21. The summed E-state index contributed by atoms with van der Waals surface area (Å²) in [5.74, 6) is -0.946. The molecular weight excluding hydrogens is 422 g/mol. The zero-order valence-corrected chi connectivity index (χ0v) is 17.7. The number of carbonyl (C=O) groups excluding carboxylic acids is 3. The number of hydrogen-bond acceptors (Lipinski definition) is 5. The van der Waals surface area contributed by atoms with Crippen LogP contribution in [0.1, 0.15) is 31.1 Å². The number of hydrogen-bond donors (Lipinski definition) is 0. The normalized spacial score (nSPS) is 12.8. The van der Waals surface area contributed by atoms with E-state index in [0.717, 1.165) is 10.6 Å². The zero-order valence-electron chi connectivity index (χ0n) is 16.9. The maximum atomic E-state index is 13.2. The van der Waals surface area contributed by atoms with Gasteiger partial charge >= 0.3 is 0 Å². The number of rotatable bonds is 5. The highest BCUT2D eigenvalue weighted by Gasteiger charge is 2.38. The van der Waals surface area contributed by atoms with E-state index in [1.54, 1.807) is 53.4 Å². The third-order valence-electron chi connectivity index (χ3n) is 5.23. The van der Waals surface area contributed by atoms with Crippen LogP contribution in [-0.2, 0) is 0 Å². The Kier molecular flexibility index (Phi) is 4.88. The molecule has 1 aliphatic heterocycles. The molecule has 0 bridgehead atoms. The van der Waals surface area contributed by atoms with Gasteiger partial charge in [-0.2, -0.15) is 0 Å². The van der Waals surface area contributed by atoms with Gasteiger partial charge in [-0.05, 0) is 42.5 Å². The standard InChI is InChI=1S/C25H17N3O3S/c1-2-14-27(17-8-4-3-5-9-17)22(29)16-12-13-20-21(15-16)32-25(26-20)28-23(30)18-10-6-7-11-19(18)24(28)31/h2-13,15H,1,14H2. The van der Waals surface area contributed by atoms with Gasteiger partial charge in [-0.3, -0.25) is 14.4 Å². The van der Waals surface area contributed by atoms with Gasteiger partial charge in [-0.25, -0.2) is 9.88 Å². The summed E-state index contributed by atoms with van der Waals surface area (Å²) in [6, 6.07) is 21.3. The number of amides is 3. The van der Waals surface area contributed by atoms with E-state index < -0.39 is 0 Å². The fourth-order valence-electron chi connectivity index (χ4n) is 3.70. The van der Waals surface area contributed by atoms with E-state index >= 15 is 0 Å². The smallest absolute Gasteiger partial charge is 0.268 e. The van der Waals surface area contributed by atoms with Crippen molar-refractivity contribution in [2.75, 3.05) is 16.3 Å². The van der Waals surface area contributed by atoms with Gasteiger partial charge in [0.25, 0.3) is 17.7 Å². The third-order valence-corrected chi connectivity index (χ3v) is 6.24. The van der Waals surface area contributed by atoms with Gasteiger partial charge in [0.15, 0.2) is 0 Å². The molecule has 32 heavy (non-hydrogen) atoms. The van der Waals surface area contributed by atoms with Gasteiger partial charge in [-0.1, -0.05) is 47.7 Å². The summed E-state index contributed by atoms with van der Waals surface area (Å²) in [6.45, 7) is 4.12. The van der Waals surface area contributed by atoms with Crippen molar-refractivity contribution in [1.82, 2.24) is 4.98 Å². The predicted octanol–water partition coefficient (Wildman–Crippen LogP) is 4.93. The molecule has 0 unspecified atom stereocenters. The summed E-state index contributed by atoms with van der Waals surface area (Å²) in [7, 11) is 0. The number of fused-ring (bicyclic) bond motifs is 2. The van der Waals surface area contributed by atoms with Crippen LogP contribution < -0.4 is 9.80 Å². The minimum Gasteiger partial charge on any atom is -0.305 e. The van der Waals surface area contributed by atoms with E-state index in [9.17, 15) is 14.4 Å². The molecule has 0 saturated heterocycles. The van der Waals surface area contributed by atoms with E-state index in [0.29, 0.717) is 38.6 Å². The molecule has 0 aliphatic carbocycles. The van der Waals surface area contributed by atoms with Crippen LogP contribution >= 0.6 is 11.3 Å². The fourth-order valence-corrected chi connectivity index (χ4v) is 4.70. The number of benzene rings is 3. The summed E-state index contributed by atoms with van der Waals surface area (Å²) in [5, 5.41) is 0.293. The van der Waals surface area contributed by atoms with E-state index in [1.807, 2.05) is 30.3 Å². The van der Waals surface area contributed by atoms with Crippen molar-refractivity contribution in [2.24, 2.45) is 0 Å². The van der Waals surface area contributed by atoms with E-state index in [-0.39, 0.29) is 17.7 Å². The third kappa shape index (κ3) is 3.19. The molecule has 5 rings (SSSR count). The molecule has 0 saturated carbocycles. The molecule has 4 aromatic rings. The second-order valence-electron chi connectivity index (χ2n) is 7.21. The molecule has 0 N–H and O–H groups in total. The Bertz CT molecular complexity index is 1360. The lowest BCUT2D eigenvalue weighted by molar-refractivity contribution is 0.0924. The van der Waals surface area contributed by atoms with Crippen LogP contribution in [-0.4, -0.2) is 29.3 Å². The van der Waals surface area contributed by atoms with Gasteiger partial charge in [0, 0.05) is 17.8 Å². The number of imide groups is 1. The molecule has 7 heteroatoms. The Morgan fingerprint density at radius 3 is 2.28 bits per heavy atom. The van der Waals surface area contributed by atoms with Crippen molar-refractivity contribution in [1.29, 1.82) is 0 Å². The number of thiazole rings is 1. The molecule has 6 nitrogen and oxygen atoms in total. The van der Waals surface area contributed by atoms with Gasteiger partial charge in [0.1, 0.15) is 0 Å². The predicted molar refractivity (Wildman–Crippen MR) is 126 cm³/mol. The highest BCUT2D eigenvalue weighted by molar-refractivity contribution is 7.22. The quantitative estimate of drug-likeness (QED) is 0.327. The summed E-state index contributed by atoms with van der Waals surface area (Å²) in [5.41, 5.74) is 2.62. The number of aromatic nitrogens is 1. The molecule has 1 aromatic heterocycles. The molecule has 0 fully saturated rings. The lowest BCUT2D eigenvalue weighted by Crippen LogP contribution is -2.30. The van der Waals surface area contributed by atoms with E-state index in [1.165, 1.54) is 11.3 Å². The van der Waals surface area contributed by atoms with Crippen molar-refractivity contribution in [3.05, 3.63) is 102 Å². The van der Waals surface area contributed by atoms with Crippen LogP contribution in [0.4, 0.5) is 10.8 Å². The van der Waals surface area contributed by atoms with Crippen molar-refractivity contribution >= 4 is 50.1 Å². The average molecular weight is 439 g/mol. The average Bonchev–Trinajstić information content (AvgIpc) is 3.35. The highest BCUT2D eigenvalue weighted by Crippen LogP contribution is 2.35. The number of carbonyl (C=O) groups is 3. The summed E-state index contributed by atoms with van der Waals surface area (Å²) in [4.78, 5) is 46.0. The lowest BCUT2D eigenvalue weighted by atomic mass is 10.1. The Morgan fingerprint density at radius 2 is 1.62 bits per heavy atom. The molecule has 0 spiro atoms. The number of para-hydroxylation sites is 1. The monoisotopic (exact) mass is 439 g/mol. The Balaban J connectivity index is 1.50. The minimum absolute atomic E-state index is 0.173. The van der Waals surface area contributed by atoms with Crippen LogP contribution in [0.5, 0.6) is 0 Å². The second-order valence-corrected chi connectivity index (χ2v) is 8.22. The molecule has 0 atom stereocenters. The van der Waals surface area contributed by atoms with Crippen LogP contribution in [0.15, 0.2) is 85.5 Å². The van der Waals surface area contributed by atoms with Gasteiger partial charge in [0.05, 0.1) is 21.3 Å². The van der Waals surface area contributed by atoms with Crippen LogP contribution in [0.3, 0.4) is 0 Å². The number of nitrogens with zero attached hydrogens (tertiary/aromatic N) is 3. The molecule has 156 valence electrons. The second kappa shape index (κ2) is 7.86. The lowest BCUT2D eigenvalue weighted by Gasteiger charge is -2.21. The molecule has 3 aromatic carbocycles. The van der Waals surface area contributed by atoms with Crippen molar-refractivity contribution < 1.29 is 14.4 Å². The largest absolute Gasteiger partial charge is 0.305 e. The van der Waals surface area contributed by atoms with Crippen LogP contribution in [0.25, 0.3) is 10.2 Å². The zero-order chi connectivity index (χ0) is 22.2. The summed E-state index contributed by atoms with van der Waals surface area (Å²) in [6.07, 6.45) is 1.68. The number of anilines is 2. The van der Waals surface area contributed by atoms with E-state index in [4.69, 9.17) is 0 Å². The van der Waals surface area contributed by atoms with Crippen molar-refractivity contribution in [3.8, 4) is 0 Å².